The van der Waals surface area contributed by atoms with Crippen molar-refractivity contribution in [1.29, 1.82) is 0 Å². The molecule has 0 atom stereocenters. The van der Waals surface area contributed by atoms with Crippen LogP contribution < -0.4 is 10.5 Å². The Bertz CT molecular complexity index is 488. The Hall–Kier alpha value is -0.780. The molecule has 0 spiro atoms. The highest BCUT2D eigenvalue weighted by Gasteiger charge is 2.05. The highest BCUT2D eigenvalue weighted by atomic mass is 35.5. The maximum Gasteiger partial charge on any atom is 0.147 e. The van der Waals surface area contributed by atoms with Gasteiger partial charge in [0, 0.05) is 6.26 Å². The van der Waals surface area contributed by atoms with Crippen LogP contribution in [0.5, 0.6) is 5.75 Å². The van der Waals surface area contributed by atoms with E-state index in [0.717, 1.165) is 12.0 Å². The number of sulfone groups is 1. The van der Waals surface area contributed by atoms with Crippen molar-refractivity contribution in [1.82, 2.24) is 0 Å². The summed E-state index contributed by atoms with van der Waals surface area (Å²) in [5, 5.41) is 0.528. The largest absolute Gasteiger partial charge is 0.492 e. The van der Waals surface area contributed by atoms with Gasteiger partial charge in [0.15, 0.2) is 0 Å². The Balaban J connectivity index is 2.48. The van der Waals surface area contributed by atoms with Crippen molar-refractivity contribution < 1.29 is 13.2 Å². The van der Waals surface area contributed by atoms with Gasteiger partial charge in [-0.05, 0) is 37.1 Å². The number of hydrogen-bond acceptors (Lipinski definition) is 4. The van der Waals surface area contributed by atoms with E-state index in [1.54, 1.807) is 6.07 Å². The zero-order chi connectivity index (χ0) is 13.6. The molecule has 1 aromatic rings. The van der Waals surface area contributed by atoms with Crippen LogP contribution in [0.25, 0.3) is 0 Å². The van der Waals surface area contributed by atoms with Crippen LogP contribution in [0.4, 0.5) is 0 Å². The van der Waals surface area contributed by atoms with Gasteiger partial charge in [0.2, 0.25) is 0 Å². The van der Waals surface area contributed by atoms with E-state index in [9.17, 15) is 8.42 Å². The Kier molecular flexibility index (Phi) is 5.91. The highest BCUT2D eigenvalue weighted by Crippen LogP contribution is 2.25. The van der Waals surface area contributed by atoms with Crippen LogP contribution >= 0.6 is 11.6 Å². The molecule has 0 amide bonds. The highest BCUT2D eigenvalue weighted by molar-refractivity contribution is 7.90. The predicted molar refractivity (Wildman–Crippen MR) is 74.0 cm³/mol. The van der Waals surface area contributed by atoms with Gasteiger partial charge >= 0.3 is 0 Å². The number of ether oxygens (including phenoxy) is 1. The molecule has 0 fully saturated rings. The van der Waals surface area contributed by atoms with E-state index in [1.165, 1.54) is 6.26 Å². The first kappa shape index (κ1) is 15.3. The number of halogens is 1. The average Bonchev–Trinajstić information content (AvgIpc) is 2.26. The van der Waals surface area contributed by atoms with Crippen LogP contribution in [-0.2, 0) is 16.3 Å². The third-order valence-corrected chi connectivity index (χ3v) is 3.67. The van der Waals surface area contributed by atoms with Crippen LogP contribution in [0.3, 0.4) is 0 Å². The predicted octanol–water partition coefficient (Wildman–Crippen LogP) is 1.65. The molecule has 0 aliphatic heterocycles. The molecule has 102 valence electrons. The molecule has 0 saturated heterocycles. The maximum atomic E-state index is 10.9. The molecule has 2 N–H and O–H groups in total. The minimum Gasteiger partial charge on any atom is -0.492 e. The van der Waals surface area contributed by atoms with Crippen LogP contribution in [0.1, 0.15) is 12.0 Å². The van der Waals surface area contributed by atoms with Crippen molar-refractivity contribution in [3.05, 3.63) is 28.8 Å². The van der Waals surface area contributed by atoms with Crippen molar-refractivity contribution in [2.45, 2.75) is 12.8 Å². The van der Waals surface area contributed by atoms with Crippen molar-refractivity contribution >= 4 is 21.4 Å². The van der Waals surface area contributed by atoms with Gasteiger partial charge in [-0.3, -0.25) is 0 Å². The van der Waals surface area contributed by atoms with Gasteiger partial charge in [-0.1, -0.05) is 17.7 Å². The van der Waals surface area contributed by atoms with E-state index in [2.05, 4.69) is 0 Å². The first-order chi connectivity index (χ1) is 8.42. The molecule has 0 heterocycles. The molecule has 1 aromatic carbocycles. The molecule has 0 bridgehead atoms. The lowest BCUT2D eigenvalue weighted by molar-refractivity contribution is 0.318. The zero-order valence-electron chi connectivity index (χ0n) is 10.4. The average molecular weight is 292 g/mol. The molecule has 0 unspecified atom stereocenters. The van der Waals surface area contributed by atoms with Crippen molar-refractivity contribution in [3.8, 4) is 5.75 Å². The molecule has 1 rings (SSSR count). The third kappa shape index (κ3) is 5.71. The van der Waals surface area contributed by atoms with Crippen LogP contribution in [0, 0.1) is 0 Å². The fourth-order valence-corrected chi connectivity index (χ4v) is 2.39. The number of benzene rings is 1. The summed E-state index contributed by atoms with van der Waals surface area (Å²) in [7, 11) is -2.93. The van der Waals surface area contributed by atoms with Crippen molar-refractivity contribution in [2.75, 3.05) is 25.2 Å². The van der Waals surface area contributed by atoms with Gasteiger partial charge in [-0.15, -0.1) is 0 Å². The van der Waals surface area contributed by atoms with Gasteiger partial charge in [0.25, 0.3) is 0 Å². The van der Waals surface area contributed by atoms with Crippen LogP contribution in [0.2, 0.25) is 5.02 Å². The summed E-state index contributed by atoms with van der Waals surface area (Å²) in [6.07, 6.45) is 2.44. The van der Waals surface area contributed by atoms with Crippen molar-refractivity contribution in [3.63, 3.8) is 0 Å². The van der Waals surface area contributed by atoms with Crippen LogP contribution in [-0.4, -0.2) is 33.6 Å². The molecule has 0 saturated carbocycles. The summed E-state index contributed by atoms with van der Waals surface area (Å²) in [5.41, 5.74) is 6.52. The third-order valence-electron chi connectivity index (χ3n) is 2.35. The molecule has 0 aliphatic carbocycles. The van der Waals surface area contributed by atoms with Gasteiger partial charge < -0.3 is 10.5 Å². The quantitative estimate of drug-likeness (QED) is 0.776. The second-order valence-electron chi connectivity index (χ2n) is 4.14. The Labute approximate surface area is 113 Å². The normalized spacial score (nSPS) is 11.5. The maximum absolute atomic E-state index is 10.9. The SMILES string of the molecule is CS(=O)(=O)CCCOc1ccc(CCN)cc1Cl. The summed E-state index contributed by atoms with van der Waals surface area (Å²) in [6, 6.07) is 5.51. The lowest BCUT2D eigenvalue weighted by Crippen LogP contribution is -2.08. The molecular weight excluding hydrogens is 274 g/mol. The summed E-state index contributed by atoms with van der Waals surface area (Å²) in [5.74, 6) is 0.696. The smallest absolute Gasteiger partial charge is 0.147 e. The minimum atomic E-state index is -2.93. The zero-order valence-corrected chi connectivity index (χ0v) is 11.9. The summed E-state index contributed by atoms with van der Waals surface area (Å²) in [4.78, 5) is 0. The fraction of sp³-hybridized carbons (Fsp3) is 0.500. The van der Waals surface area contributed by atoms with E-state index in [-0.39, 0.29) is 5.75 Å². The van der Waals surface area contributed by atoms with E-state index < -0.39 is 9.84 Å². The molecule has 0 aromatic heterocycles. The Morgan fingerprint density at radius 1 is 1.39 bits per heavy atom. The Morgan fingerprint density at radius 2 is 2.11 bits per heavy atom. The summed E-state index contributed by atoms with van der Waals surface area (Å²) < 4.78 is 27.3. The van der Waals surface area contributed by atoms with E-state index >= 15 is 0 Å². The standard InChI is InChI=1S/C12H18ClNO3S/c1-18(15,16)8-2-7-17-12-4-3-10(5-6-14)9-11(12)13/h3-4,9H,2,5-8,14H2,1H3. The lowest BCUT2D eigenvalue weighted by atomic mass is 10.1. The second kappa shape index (κ2) is 6.97. The molecule has 0 aliphatic rings. The topological polar surface area (TPSA) is 69.4 Å². The van der Waals surface area contributed by atoms with Crippen LogP contribution in [0.15, 0.2) is 18.2 Å². The number of hydrogen-bond donors (Lipinski definition) is 1. The molecule has 6 heteroatoms. The fourth-order valence-electron chi connectivity index (χ4n) is 1.49. The molecular formula is C12H18ClNO3S. The van der Waals surface area contributed by atoms with E-state index in [4.69, 9.17) is 22.1 Å². The van der Waals surface area contributed by atoms with Crippen molar-refractivity contribution in [2.24, 2.45) is 5.73 Å². The first-order valence-corrected chi connectivity index (χ1v) is 8.15. The van der Waals surface area contributed by atoms with Gasteiger partial charge in [-0.2, -0.15) is 0 Å². The lowest BCUT2D eigenvalue weighted by Gasteiger charge is -2.09. The number of rotatable bonds is 7. The monoisotopic (exact) mass is 291 g/mol. The van der Waals surface area contributed by atoms with E-state index in [0.29, 0.717) is 30.3 Å². The Morgan fingerprint density at radius 3 is 2.67 bits per heavy atom. The molecule has 0 radical (unpaired) electrons. The van der Waals surface area contributed by atoms with E-state index in [1.807, 2.05) is 12.1 Å². The summed E-state index contributed by atoms with van der Waals surface area (Å²) >= 11 is 6.05. The molecule has 18 heavy (non-hydrogen) atoms. The molecule has 4 nitrogen and oxygen atoms in total. The van der Waals surface area contributed by atoms with Gasteiger partial charge in [0.05, 0.1) is 17.4 Å². The number of nitrogens with two attached hydrogens (primary N) is 1. The second-order valence-corrected chi connectivity index (χ2v) is 6.80. The minimum absolute atomic E-state index is 0.121. The van der Waals surface area contributed by atoms with Gasteiger partial charge in [0.1, 0.15) is 15.6 Å². The van der Waals surface area contributed by atoms with Gasteiger partial charge in [-0.25, -0.2) is 8.42 Å². The first-order valence-electron chi connectivity index (χ1n) is 5.71. The summed E-state index contributed by atoms with van der Waals surface area (Å²) in [6.45, 7) is 0.911.